The number of hydrogen-bond acceptors (Lipinski definition) is 3. The summed E-state index contributed by atoms with van der Waals surface area (Å²) < 4.78 is 0. The second-order valence-corrected chi connectivity index (χ2v) is 4.78. The van der Waals surface area contributed by atoms with E-state index in [0.29, 0.717) is 11.3 Å². The number of benzene rings is 2. The maximum absolute atomic E-state index is 11.0. The first-order chi connectivity index (χ1) is 8.66. The molecule has 0 heterocycles. The van der Waals surface area contributed by atoms with Crippen molar-refractivity contribution >= 4 is 17.7 Å². The molecule has 92 valence electrons. The van der Waals surface area contributed by atoms with Gasteiger partial charge in [-0.05, 0) is 29.8 Å². The highest BCUT2D eigenvalue weighted by Crippen LogP contribution is 2.27. The lowest BCUT2D eigenvalue weighted by Crippen LogP contribution is -1.98. The molecule has 0 aromatic heterocycles. The van der Waals surface area contributed by atoms with E-state index in [-0.39, 0.29) is 5.75 Å². The van der Waals surface area contributed by atoms with Crippen molar-refractivity contribution in [3.8, 4) is 5.75 Å². The van der Waals surface area contributed by atoms with Crippen molar-refractivity contribution in [3.63, 3.8) is 0 Å². The average Bonchev–Trinajstić information content (AvgIpc) is 2.37. The Morgan fingerprint density at radius 3 is 2.61 bits per heavy atom. The Morgan fingerprint density at radius 2 is 1.89 bits per heavy atom. The number of carboxylic acids is 1. The van der Waals surface area contributed by atoms with E-state index in [1.54, 1.807) is 36.4 Å². The van der Waals surface area contributed by atoms with E-state index in [0.717, 1.165) is 10.5 Å². The summed E-state index contributed by atoms with van der Waals surface area (Å²) in [5.41, 5.74) is 1.27. The normalized spacial score (nSPS) is 10.2. The fourth-order valence-corrected chi connectivity index (χ4v) is 2.56. The molecule has 0 saturated heterocycles. The Kier molecular flexibility index (Phi) is 3.89. The molecule has 3 nitrogen and oxygen atoms in total. The summed E-state index contributed by atoms with van der Waals surface area (Å²) in [6, 6.07) is 13.9. The van der Waals surface area contributed by atoms with Gasteiger partial charge < -0.3 is 10.2 Å². The largest absolute Gasteiger partial charge is 0.508 e. The summed E-state index contributed by atoms with van der Waals surface area (Å²) >= 11 is 1.45. The van der Waals surface area contributed by atoms with E-state index in [1.165, 1.54) is 11.8 Å². The lowest BCUT2D eigenvalue weighted by atomic mass is 10.2. The standard InChI is InChI=1S/C14H12O3S/c15-11-5-3-4-10(8-11)9-18-13-7-2-1-6-12(13)14(16)17/h1-8,15H,9H2,(H,16,17). The van der Waals surface area contributed by atoms with Crippen LogP contribution < -0.4 is 0 Å². The predicted octanol–water partition coefficient (Wildman–Crippen LogP) is 3.38. The van der Waals surface area contributed by atoms with E-state index < -0.39 is 5.97 Å². The molecule has 0 saturated carbocycles. The molecule has 0 atom stereocenters. The van der Waals surface area contributed by atoms with Crippen LogP contribution in [-0.2, 0) is 5.75 Å². The van der Waals surface area contributed by atoms with Crippen LogP contribution in [0.5, 0.6) is 5.75 Å². The molecule has 4 heteroatoms. The topological polar surface area (TPSA) is 57.5 Å². The van der Waals surface area contributed by atoms with Crippen molar-refractivity contribution in [2.24, 2.45) is 0 Å². The van der Waals surface area contributed by atoms with Gasteiger partial charge in [0.25, 0.3) is 0 Å². The molecular weight excluding hydrogens is 248 g/mol. The van der Waals surface area contributed by atoms with Gasteiger partial charge >= 0.3 is 5.97 Å². The molecular formula is C14H12O3S. The van der Waals surface area contributed by atoms with Crippen molar-refractivity contribution in [1.82, 2.24) is 0 Å². The molecule has 0 radical (unpaired) electrons. The van der Waals surface area contributed by atoms with Gasteiger partial charge in [-0.1, -0.05) is 24.3 Å². The average molecular weight is 260 g/mol. The summed E-state index contributed by atoms with van der Waals surface area (Å²) in [5.74, 6) is -0.0766. The van der Waals surface area contributed by atoms with E-state index in [2.05, 4.69) is 0 Å². The number of rotatable bonds is 4. The zero-order valence-electron chi connectivity index (χ0n) is 9.54. The van der Waals surface area contributed by atoms with Crippen molar-refractivity contribution in [3.05, 3.63) is 59.7 Å². The Labute approximate surface area is 109 Å². The fraction of sp³-hybridized carbons (Fsp3) is 0.0714. The van der Waals surface area contributed by atoms with Crippen LogP contribution >= 0.6 is 11.8 Å². The van der Waals surface area contributed by atoms with Crippen LogP contribution in [0.15, 0.2) is 53.4 Å². The molecule has 2 aromatic carbocycles. The summed E-state index contributed by atoms with van der Waals surface area (Å²) in [7, 11) is 0. The summed E-state index contributed by atoms with van der Waals surface area (Å²) in [6.07, 6.45) is 0. The number of hydrogen-bond donors (Lipinski definition) is 2. The van der Waals surface area contributed by atoms with E-state index in [9.17, 15) is 9.90 Å². The Bertz CT molecular complexity index is 566. The van der Waals surface area contributed by atoms with Crippen molar-refractivity contribution < 1.29 is 15.0 Å². The molecule has 0 aliphatic carbocycles. The SMILES string of the molecule is O=C(O)c1ccccc1SCc1cccc(O)c1. The molecule has 0 spiro atoms. The number of aromatic hydroxyl groups is 1. The van der Waals surface area contributed by atoms with Gasteiger partial charge in [-0.25, -0.2) is 4.79 Å². The smallest absolute Gasteiger partial charge is 0.336 e. The van der Waals surface area contributed by atoms with Gasteiger partial charge in [-0.15, -0.1) is 11.8 Å². The van der Waals surface area contributed by atoms with E-state index in [1.807, 2.05) is 12.1 Å². The highest BCUT2D eigenvalue weighted by Gasteiger charge is 2.09. The van der Waals surface area contributed by atoms with Crippen LogP contribution in [0.4, 0.5) is 0 Å². The third-order valence-corrected chi connectivity index (χ3v) is 3.57. The third-order valence-electron chi connectivity index (χ3n) is 2.42. The van der Waals surface area contributed by atoms with Gasteiger partial charge in [0.2, 0.25) is 0 Å². The molecule has 0 bridgehead atoms. The minimum absolute atomic E-state index is 0.222. The van der Waals surface area contributed by atoms with Gasteiger partial charge in [-0.2, -0.15) is 0 Å². The predicted molar refractivity (Wildman–Crippen MR) is 71.1 cm³/mol. The highest BCUT2D eigenvalue weighted by atomic mass is 32.2. The monoisotopic (exact) mass is 260 g/mol. The third kappa shape index (κ3) is 3.05. The molecule has 0 unspecified atom stereocenters. The summed E-state index contributed by atoms with van der Waals surface area (Å²) in [4.78, 5) is 11.8. The maximum Gasteiger partial charge on any atom is 0.336 e. The first-order valence-electron chi connectivity index (χ1n) is 5.40. The van der Waals surface area contributed by atoms with Crippen molar-refractivity contribution in [2.45, 2.75) is 10.6 Å². The van der Waals surface area contributed by atoms with Gasteiger partial charge in [0.1, 0.15) is 5.75 Å². The number of carbonyl (C=O) groups is 1. The van der Waals surface area contributed by atoms with Crippen LogP contribution in [0, 0.1) is 0 Å². The Hall–Kier alpha value is -1.94. The molecule has 18 heavy (non-hydrogen) atoms. The molecule has 2 N–H and O–H groups in total. The van der Waals surface area contributed by atoms with Crippen LogP contribution in [0.2, 0.25) is 0 Å². The maximum atomic E-state index is 11.0. The highest BCUT2D eigenvalue weighted by molar-refractivity contribution is 7.98. The van der Waals surface area contributed by atoms with Crippen LogP contribution in [0.3, 0.4) is 0 Å². The first-order valence-corrected chi connectivity index (χ1v) is 6.38. The second kappa shape index (κ2) is 5.60. The van der Waals surface area contributed by atoms with Gasteiger partial charge in [0, 0.05) is 10.6 Å². The van der Waals surface area contributed by atoms with Crippen molar-refractivity contribution in [2.75, 3.05) is 0 Å². The zero-order valence-corrected chi connectivity index (χ0v) is 10.4. The quantitative estimate of drug-likeness (QED) is 0.827. The van der Waals surface area contributed by atoms with Gasteiger partial charge in [0.15, 0.2) is 0 Å². The lowest BCUT2D eigenvalue weighted by Gasteiger charge is -2.05. The minimum atomic E-state index is -0.922. The van der Waals surface area contributed by atoms with Gasteiger partial charge in [-0.3, -0.25) is 0 Å². The zero-order chi connectivity index (χ0) is 13.0. The van der Waals surface area contributed by atoms with Gasteiger partial charge in [0.05, 0.1) is 5.56 Å². The molecule has 0 fully saturated rings. The Morgan fingerprint density at radius 1 is 1.11 bits per heavy atom. The first kappa shape index (κ1) is 12.5. The molecule has 0 amide bonds. The number of aromatic carboxylic acids is 1. The van der Waals surface area contributed by atoms with E-state index in [4.69, 9.17) is 5.11 Å². The number of thioether (sulfide) groups is 1. The van der Waals surface area contributed by atoms with Crippen molar-refractivity contribution in [1.29, 1.82) is 0 Å². The molecule has 0 aliphatic heterocycles. The second-order valence-electron chi connectivity index (χ2n) is 3.76. The molecule has 2 aromatic rings. The molecule has 0 aliphatic rings. The summed E-state index contributed by atoms with van der Waals surface area (Å²) in [5, 5.41) is 18.4. The van der Waals surface area contributed by atoms with Crippen LogP contribution in [0.1, 0.15) is 15.9 Å². The summed E-state index contributed by atoms with van der Waals surface area (Å²) in [6.45, 7) is 0. The number of carboxylic acid groups (broad SMARTS) is 1. The molecule has 2 rings (SSSR count). The number of phenols is 1. The fourth-order valence-electron chi connectivity index (χ4n) is 1.58. The number of phenolic OH excluding ortho intramolecular Hbond substituents is 1. The van der Waals surface area contributed by atoms with Crippen LogP contribution in [0.25, 0.3) is 0 Å². The van der Waals surface area contributed by atoms with Crippen LogP contribution in [-0.4, -0.2) is 16.2 Å². The van der Waals surface area contributed by atoms with E-state index >= 15 is 0 Å². The minimum Gasteiger partial charge on any atom is -0.508 e. The Balaban J connectivity index is 2.13. The lowest BCUT2D eigenvalue weighted by molar-refractivity contribution is 0.0693.